The number of thiazole rings is 2. The van der Waals surface area contributed by atoms with Gasteiger partial charge in [0.2, 0.25) is 5.13 Å². The zero-order valence-electron chi connectivity index (χ0n) is 30.2. The van der Waals surface area contributed by atoms with Gasteiger partial charge in [-0.15, -0.1) is 0 Å². The molecule has 4 aromatic heterocycles. The minimum Gasteiger partial charge on any atom is -0.427 e. The van der Waals surface area contributed by atoms with Gasteiger partial charge in [0.05, 0.1) is 26.9 Å². The molecule has 0 aliphatic carbocycles. The highest BCUT2D eigenvalue weighted by Crippen LogP contribution is 2.43. The number of nitrogen functional groups attached to an aromatic ring is 1. The van der Waals surface area contributed by atoms with E-state index in [1.54, 1.807) is 13.8 Å². The molecule has 4 heterocycles. The number of halogens is 6. The molecule has 0 atom stereocenters. The van der Waals surface area contributed by atoms with E-state index in [4.69, 9.17) is 19.6 Å². The monoisotopic (exact) mass is 832 g/mol. The Hall–Kier alpha value is -5.35. The van der Waals surface area contributed by atoms with Crippen molar-refractivity contribution in [3.63, 3.8) is 0 Å². The largest absolute Gasteiger partial charge is 0.427 e. The van der Waals surface area contributed by atoms with E-state index in [0.29, 0.717) is 43.1 Å². The topological polar surface area (TPSA) is 125 Å². The van der Waals surface area contributed by atoms with Crippen molar-refractivity contribution < 1.29 is 35.2 Å². The number of aliphatic imine (C=N–C) groups is 1. The highest BCUT2D eigenvalue weighted by molar-refractivity contribution is 7.19. The number of alkyl halides is 6. The third-order valence-corrected chi connectivity index (χ3v) is 10.8. The van der Waals surface area contributed by atoms with Crippen LogP contribution in [0.1, 0.15) is 76.6 Å². The summed E-state index contributed by atoms with van der Waals surface area (Å²) in [7, 11) is 0. The van der Waals surface area contributed by atoms with Crippen LogP contribution in [0.4, 0.5) is 36.6 Å². The van der Waals surface area contributed by atoms with Crippen LogP contribution in [-0.2, 0) is 10.8 Å². The van der Waals surface area contributed by atoms with Crippen molar-refractivity contribution in [3.05, 3.63) is 140 Å². The standard InChI is InChI=1S/C26H21F3N2O2S.C13H13F3N2O2S.2CH4/c1-16-23(19-14-20(33-21(32)15-19)25(2,3)26(27,28)29)34-24(30-16)31-22(17-10-6-4-7-11-17)18-12-8-5-9-13-18;1-6-10(21-11(17)18-6)7-4-8(20-9(19)5-7)12(2,3)13(14,15)16;;/h4-15H,1-3H3;4-5H,1-3H3,(H2,17,18);2*1H4. The summed E-state index contributed by atoms with van der Waals surface area (Å²) in [6.07, 6.45) is -9.12. The molecule has 8 nitrogen and oxygen atoms in total. The van der Waals surface area contributed by atoms with Crippen LogP contribution in [0.15, 0.2) is 108 Å². The van der Waals surface area contributed by atoms with E-state index in [0.717, 1.165) is 56.2 Å². The second-order valence-corrected chi connectivity index (χ2v) is 15.4. The number of aryl methyl sites for hydroxylation is 2. The Morgan fingerprint density at radius 2 is 1.02 bits per heavy atom. The SMILES string of the molecule is C.C.Cc1nc(N)sc1-c1cc(C(C)(C)C(F)(F)F)oc(=O)c1.Cc1nc(N=C(c2ccccc2)c2ccccc2)sc1-c1cc(C(C)(C)C(F)(F)F)oc(=O)c1. The van der Waals surface area contributed by atoms with Gasteiger partial charge in [0.15, 0.2) is 5.13 Å². The summed E-state index contributed by atoms with van der Waals surface area (Å²) < 4.78 is 89.6. The van der Waals surface area contributed by atoms with Crippen molar-refractivity contribution in [2.45, 2.75) is 79.6 Å². The number of rotatable bonds is 7. The van der Waals surface area contributed by atoms with Crippen LogP contribution in [-0.4, -0.2) is 28.0 Å². The Labute approximate surface area is 333 Å². The molecule has 16 heteroatoms. The second-order valence-electron chi connectivity index (χ2n) is 13.4. The van der Waals surface area contributed by atoms with E-state index < -0.39 is 46.0 Å². The molecule has 0 spiro atoms. The average molecular weight is 833 g/mol. The number of anilines is 1. The lowest BCUT2D eigenvalue weighted by atomic mass is 9.88. The molecule has 0 amide bonds. The number of hydrogen-bond acceptors (Lipinski definition) is 10. The van der Waals surface area contributed by atoms with Crippen molar-refractivity contribution in [1.29, 1.82) is 0 Å². The van der Waals surface area contributed by atoms with Crippen molar-refractivity contribution >= 4 is 38.6 Å². The van der Waals surface area contributed by atoms with Gasteiger partial charge in [0.1, 0.15) is 22.4 Å². The van der Waals surface area contributed by atoms with Gasteiger partial charge in [-0.2, -0.15) is 26.3 Å². The Kier molecular flexibility index (Phi) is 14.1. The van der Waals surface area contributed by atoms with Crippen LogP contribution in [0, 0.1) is 13.8 Å². The van der Waals surface area contributed by atoms with Crippen LogP contribution in [0.2, 0.25) is 0 Å². The van der Waals surface area contributed by atoms with Gasteiger partial charge in [-0.05, 0) is 53.7 Å². The van der Waals surface area contributed by atoms with E-state index in [2.05, 4.69) is 9.97 Å². The lowest BCUT2D eigenvalue weighted by molar-refractivity contribution is -0.185. The Bertz CT molecular complexity index is 2410. The van der Waals surface area contributed by atoms with Gasteiger partial charge in [-0.25, -0.2) is 24.5 Å². The molecule has 0 radical (unpaired) electrons. The fraction of sp³-hybridized carbons (Fsp3) is 0.293. The van der Waals surface area contributed by atoms with Crippen molar-refractivity contribution in [1.82, 2.24) is 9.97 Å². The first-order valence-corrected chi connectivity index (χ1v) is 18.1. The number of benzene rings is 2. The zero-order chi connectivity index (χ0) is 40.5. The molecular weight excluding hydrogens is 791 g/mol. The van der Waals surface area contributed by atoms with Crippen LogP contribution < -0.4 is 17.0 Å². The molecule has 0 aliphatic heterocycles. The second kappa shape index (κ2) is 17.4. The maximum Gasteiger partial charge on any atom is 0.400 e. The maximum absolute atomic E-state index is 13.5. The van der Waals surface area contributed by atoms with E-state index in [1.807, 2.05) is 60.7 Å². The summed E-state index contributed by atoms with van der Waals surface area (Å²) in [6.45, 7) is 7.29. The summed E-state index contributed by atoms with van der Waals surface area (Å²) in [4.78, 5) is 38.2. The number of aromatic nitrogens is 2. The molecule has 304 valence electrons. The van der Waals surface area contributed by atoms with Gasteiger partial charge in [0, 0.05) is 34.4 Å². The maximum atomic E-state index is 13.5. The molecule has 0 saturated heterocycles. The first-order chi connectivity index (χ1) is 25.6. The summed E-state index contributed by atoms with van der Waals surface area (Å²) in [5.41, 5.74) is 3.56. The quantitative estimate of drug-likeness (QED) is 0.125. The van der Waals surface area contributed by atoms with E-state index >= 15 is 0 Å². The molecule has 57 heavy (non-hydrogen) atoms. The molecule has 6 rings (SSSR count). The first-order valence-electron chi connectivity index (χ1n) is 16.4. The van der Waals surface area contributed by atoms with Crippen molar-refractivity contribution in [3.8, 4) is 20.9 Å². The minimum absolute atomic E-state index is 0. The summed E-state index contributed by atoms with van der Waals surface area (Å²) in [5.74, 6) is -0.890. The van der Waals surface area contributed by atoms with Crippen LogP contribution in [0.3, 0.4) is 0 Å². The van der Waals surface area contributed by atoms with Gasteiger partial charge < -0.3 is 14.6 Å². The van der Waals surface area contributed by atoms with Crippen LogP contribution >= 0.6 is 22.7 Å². The van der Waals surface area contributed by atoms with Crippen LogP contribution in [0.25, 0.3) is 20.9 Å². The predicted octanol–water partition coefficient (Wildman–Crippen LogP) is 11.8. The summed E-state index contributed by atoms with van der Waals surface area (Å²) in [5, 5.41) is 0.715. The van der Waals surface area contributed by atoms with Gasteiger partial charge >= 0.3 is 23.6 Å². The smallest absolute Gasteiger partial charge is 0.400 e. The highest BCUT2D eigenvalue weighted by Gasteiger charge is 2.51. The third-order valence-electron chi connectivity index (χ3n) is 8.62. The summed E-state index contributed by atoms with van der Waals surface area (Å²) in [6, 6.07) is 24.1. The van der Waals surface area contributed by atoms with Gasteiger partial charge in [-0.1, -0.05) is 98.2 Å². The van der Waals surface area contributed by atoms with Gasteiger partial charge in [0.25, 0.3) is 0 Å². The molecule has 0 saturated carbocycles. The van der Waals surface area contributed by atoms with E-state index in [9.17, 15) is 35.9 Å². The lowest BCUT2D eigenvalue weighted by Crippen LogP contribution is -2.37. The van der Waals surface area contributed by atoms with Crippen LogP contribution in [0.5, 0.6) is 0 Å². The average Bonchev–Trinajstić information content (AvgIpc) is 3.66. The minimum atomic E-state index is -4.58. The lowest BCUT2D eigenvalue weighted by Gasteiger charge is -2.26. The zero-order valence-corrected chi connectivity index (χ0v) is 31.9. The Balaban J connectivity index is 0.000000327. The molecule has 2 aromatic carbocycles. The first kappa shape index (κ1) is 46.0. The molecule has 0 unspecified atom stereocenters. The highest BCUT2D eigenvalue weighted by atomic mass is 32.1. The molecule has 0 aliphatic rings. The normalized spacial score (nSPS) is 11.8. The molecular formula is C41H42F6N4O4S2. The van der Waals surface area contributed by atoms with Crippen molar-refractivity contribution in [2.24, 2.45) is 4.99 Å². The fourth-order valence-corrected chi connectivity index (χ4v) is 6.83. The van der Waals surface area contributed by atoms with Gasteiger partial charge in [-0.3, -0.25) is 0 Å². The number of hydrogen-bond donors (Lipinski definition) is 1. The molecule has 6 aromatic rings. The molecule has 2 N–H and O–H groups in total. The number of nitrogens with two attached hydrogens (primary N) is 1. The third kappa shape index (κ3) is 10.2. The summed E-state index contributed by atoms with van der Waals surface area (Å²) >= 11 is 2.31. The van der Waals surface area contributed by atoms with E-state index in [-0.39, 0.29) is 20.0 Å². The predicted molar refractivity (Wildman–Crippen MR) is 216 cm³/mol. The fourth-order valence-electron chi connectivity index (χ4n) is 5.08. The number of nitrogens with zero attached hydrogens (tertiary/aromatic N) is 3. The Morgan fingerprint density at radius 3 is 1.39 bits per heavy atom. The van der Waals surface area contributed by atoms with E-state index in [1.165, 1.54) is 29.5 Å². The van der Waals surface area contributed by atoms with Crippen molar-refractivity contribution in [2.75, 3.05) is 5.73 Å². The molecule has 0 bridgehead atoms. The Morgan fingerprint density at radius 1 is 0.632 bits per heavy atom. The molecule has 0 fully saturated rings.